The molecule has 7 nitrogen and oxygen atoms in total. The molecule has 0 fully saturated rings. The van der Waals surface area contributed by atoms with Crippen LogP contribution in [0.1, 0.15) is 24.1 Å². The van der Waals surface area contributed by atoms with Crippen molar-refractivity contribution in [3.8, 4) is 17.0 Å². The highest BCUT2D eigenvalue weighted by molar-refractivity contribution is 5.79. The van der Waals surface area contributed by atoms with Crippen LogP contribution >= 0.6 is 0 Å². The zero-order valence-corrected chi connectivity index (χ0v) is 15.2. The van der Waals surface area contributed by atoms with Crippen molar-refractivity contribution in [3.05, 3.63) is 70.0 Å². The number of benzene rings is 1. The first kappa shape index (κ1) is 17.1. The standard InChI is InChI=1S/C20H20N4O3/c1-3-16-19(13-7-5-4-6-8-13)20-21-14(11-18(25)24(20)22-16)9-10-15-12-17(26-2)23-27-15/h4-8,11-12,22H,3,9-10H2,1-2H3. The van der Waals surface area contributed by atoms with E-state index in [4.69, 9.17) is 14.2 Å². The summed E-state index contributed by atoms with van der Waals surface area (Å²) in [6.07, 6.45) is 1.94. The minimum absolute atomic E-state index is 0.123. The van der Waals surface area contributed by atoms with Crippen molar-refractivity contribution in [2.45, 2.75) is 26.2 Å². The van der Waals surface area contributed by atoms with Crippen LogP contribution in [0.25, 0.3) is 16.8 Å². The highest BCUT2D eigenvalue weighted by atomic mass is 16.5. The average molecular weight is 364 g/mol. The molecule has 0 bridgehead atoms. The first-order valence-corrected chi connectivity index (χ1v) is 8.88. The van der Waals surface area contributed by atoms with Gasteiger partial charge in [-0.05, 0) is 23.6 Å². The normalized spacial score (nSPS) is 11.2. The van der Waals surface area contributed by atoms with Gasteiger partial charge < -0.3 is 9.26 Å². The summed E-state index contributed by atoms with van der Waals surface area (Å²) in [7, 11) is 1.54. The van der Waals surface area contributed by atoms with E-state index in [9.17, 15) is 4.79 Å². The predicted octanol–water partition coefficient (Wildman–Crippen LogP) is 3.03. The Bertz CT molecular complexity index is 1130. The summed E-state index contributed by atoms with van der Waals surface area (Å²) in [5, 5.41) is 6.98. The highest BCUT2D eigenvalue weighted by Gasteiger charge is 2.16. The van der Waals surface area contributed by atoms with Gasteiger partial charge in [-0.25, -0.2) is 9.50 Å². The Kier molecular flexibility index (Phi) is 4.50. The fraction of sp³-hybridized carbons (Fsp3) is 0.250. The van der Waals surface area contributed by atoms with Gasteiger partial charge in [0.2, 0.25) is 0 Å². The lowest BCUT2D eigenvalue weighted by molar-refractivity contribution is 0.326. The van der Waals surface area contributed by atoms with Crippen molar-refractivity contribution in [1.82, 2.24) is 19.8 Å². The van der Waals surface area contributed by atoms with Crippen molar-refractivity contribution in [2.24, 2.45) is 0 Å². The molecule has 4 aromatic rings. The van der Waals surface area contributed by atoms with Gasteiger partial charge in [0.1, 0.15) is 5.76 Å². The van der Waals surface area contributed by atoms with Crippen molar-refractivity contribution in [3.63, 3.8) is 0 Å². The van der Waals surface area contributed by atoms with Crippen LogP contribution in [0.5, 0.6) is 5.88 Å². The molecule has 0 spiro atoms. The molecule has 0 aliphatic rings. The topological polar surface area (TPSA) is 85.4 Å². The number of nitrogens with one attached hydrogen (secondary N) is 1. The van der Waals surface area contributed by atoms with Gasteiger partial charge >= 0.3 is 0 Å². The van der Waals surface area contributed by atoms with Crippen molar-refractivity contribution in [2.75, 3.05) is 7.11 Å². The molecule has 1 N–H and O–H groups in total. The lowest BCUT2D eigenvalue weighted by Gasteiger charge is -2.03. The molecule has 7 heteroatoms. The van der Waals surface area contributed by atoms with E-state index >= 15 is 0 Å². The second-order valence-corrected chi connectivity index (χ2v) is 6.27. The number of hydrogen-bond acceptors (Lipinski definition) is 5. The number of aromatic amines is 1. The smallest absolute Gasteiger partial charge is 0.272 e. The van der Waals surface area contributed by atoms with Crippen molar-refractivity contribution >= 4 is 5.65 Å². The van der Waals surface area contributed by atoms with Crippen LogP contribution in [-0.4, -0.2) is 26.9 Å². The second kappa shape index (κ2) is 7.11. The number of rotatable bonds is 6. The number of nitrogens with zero attached hydrogens (tertiary/aromatic N) is 3. The fourth-order valence-electron chi connectivity index (χ4n) is 3.18. The fourth-order valence-corrected chi connectivity index (χ4v) is 3.18. The Hall–Kier alpha value is -3.35. The van der Waals surface area contributed by atoms with Gasteiger partial charge in [-0.15, -0.1) is 0 Å². The molecule has 138 valence electrons. The number of hydrogen-bond donors (Lipinski definition) is 1. The molecule has 3 aromatic heterocycles. The first-order chi connectivity index (χ1) is 13.2. The number of ether oxygens (including phenoxy) is 1. The van der Waals surface area contributed by atoms with Gasteiger partial charge in [-0.3, -0.25) is 9.89 Å². The largest absolute Gasteiger partial charge is 0.479 e. The molecule has 0 saturated heterocycles. The minimum atomic E-state index is -0.123. The molecule has 1 aromatic carbocycles. The summed E-state index contributed by atoms with van der Waals surface area (Å²) < 4.78 is 11.8. The summed E-state index contributed by atoms with van der Waals surface area (Å²) in [5.41, 5.74) is 4.24. The Morgan fingerprint density at radius 1 is 1.19 bits per heavy atom. The molecule has 0 amide bonds. The van der Waals surface area contributed by atoms with E-state index in [2.05, 4.69) is 17.2 Å². The molecular formula is C20H20N4O3. The van der Waals surface area contributed by atoms with E-state index in [1.807, 2.05) is 30.3 Å². The molecule has 4 rings (SSSR count). The number of H-pyrrole nitrogens is 1. The van der Waals surface area contributed by atoms with Crippen LogP contribution in [-0.2, 0) is 19.3 Å². The first-order valence-electron chi connectivity index (χ1n) is 8.88. The Morgan fingerprint density at radius 2 is 2.00 bits per heavy atom. The summed E-state index contributed by atoms with van der Waals surface area (Å²) in [5.74, 6) is 1.14. The lowest BCUT2D eigenvalue weighted by atomic mass is 10.0. The number of methoxy groups -OCH3 is 1. The molecular weight excluding hydrogens is 344 g/mol. The van der Waals surface area contributed by atoms with E-state index in [0.29, 0.717) is 35.8 Å². The van der Waals surface area contributed by atoms with Gasteiger partial charge in [0.25, 0.3) is 11.4 Å². The van der Waals surface area contributed by atoms with Crippen molar-refractivity contribution < 1.29 is 9.26 Å². The highest BCUT2D eigenvalue weighted by Crippen LogP contribution is 2.27. The molecule has 0 aliphatic carbocycles. The van der Waals surface area contributed by atoms with E-state index in [-0.39, 0.29) is 5.56 Å². The molecule has 0 unspecified atom stereocenters. The molecule has 3 heterocycles. The van der Waals surface area contributed by atoms with E-state index in [1.54, 1.807) is 19.2 Å². The molecule has 0 aliphatic heterocycles. The molecule has 0 atom stereocenters. The van der Waals surface area contributed by atoms with Crippen LogP contribution in [0.15, 0.2) is 51.8 Å². The van der Waals surface area contributed by atoms with E-state index in [0.717, 1.165) is 23.2 Å². The van der Waals surface area contributed by atoms with Crippen LogP contribution in [0.2, 0.25) is 0 Å². The SMILES string of the molecule is CCc1[nH]n2c(=O)cc(CCc3cc(OC)no3)nc2c1-c1ccccc1. The van der Waals surface area contributed by atoms with Crippen LogP contribution in [0.4, 0.5) is 0 Å². The van der Waals surface area contributed by atoms with Crippen molar-refractivity contribution in [1.29, 1.82) is 0 Å². The predicted molar refractivity (Wildman–Crippen MR) is 101 cm³/mol. The van der Waals surface area contributed by atoms with E-state index < -0.39 is 0 Å². The zero-order valence-electron chi connectivity index (χ0n) is 15.2. The molecule has 0 radical (unpaired) electrons. The summed E-state index contributed by atoms with van der Waals surface area (Å²) in [6, 6.07) is 13.3. The lowest BCUT2D eigenvalue weighted by Crippen LogP contribution is -2.16. The maximum atomic E-state index is 12.6. The van der Waals surface area contributed by atoms with Crippen LogP contribution in [0, 0.1) is 0 Å². The number of fused-ring (bicyclic) bond motifs is 1. The number of aromatic nitrogens is 4. The third kappa shape index (κ3) is 3.23. The monoisotopic (exact) mass is 364 g/mol. The molecule has 27 heavy (non-hydrogen) atoms. The maximum Gasteiger partial charge on any atom is 0.272 e. The Labute approximate surface area is 155 Å². The quantitative estimate of drug-likeness (QED) is 0.568. The zero-order chi connectivity index (χ0) is 18.8. The average Bonchev–Trinajstić information content (AvgIpc) is 3.31. The maximum absolute atomic E-state index is 12.6. The summed E-state index contributed by atoms with van der Waals surface area (Å²) in [4.78, 5) is 17.4. The summed E-state index contributed by atoms with van der Waals surface area (Å²) in [6.45, 7) is 2.06. The van der Waals surface area contributed by atoms with Crippen LogP contribution in [0.3, 0.4) is 0 Å². The second-order valence-electron chi connectivity index (χ2n) is 6.27. The van der Waals surface area contributed by atoms with Gasteiger partial charge in [-0.2, -0.15) is 0 Å². The van der Waals surface area contributed by atoms with Gasteiger partial charge in [0, 0.05) is 35.5 Å². The third-order valence-electron chi connectivity index (χ3n) is 4.53. The van der Waals surface area contributed by atoms with Gasteiger partial charge in [0.05, 0.1) is 7.11 Å². The minimum Gasteiger partial charge on any atom is -0.479 e. The number of aryl methyl sites for hydroxylation is 3. The Morgan fingerprint density at radius 3 is 2.70 bits per heavy atom. The van der Waals surface area contributed by atoms with Gasteiger partial charge in [-0.1, -0.05) is 37.3 Å². The molecule has 0 saturated carbocycles. The Balaban J connectivity index is 1.74. The third-order valence-corrected chi connectivity index (χ3v) is 4.53. The summed E-state index contributed by atoms with van der Waals surface area (Å²) >= 11 is 0. The van der Waals surface area contributed by atoms with Crippen LogP contribution < -0.4 is 10.3 Å². The van der Waals surface area contributed by atoms with E-state index in [1.165, 1.54) is 4.52 Å². The van der Waals surface area contributed by atoms with Gasteiger partial charge in [0.15, 0.2) is 5.65 Å².